The van der Waals surface area contributed by atoms with E-state index in [0.717, 1.165) is 19.1 Å². The number of benzene rings is 1. The number of nitrogens with zero attached hydrogens (tertiary/aromatic N) is 1. The molecule has 0 bridgehead atoms. The highest BCUT2D eigenvalue weighted by Gasteiger charge is 2.33. The van der Waals surface area contributed by atoms with E-state index in [9.17, 15) is 0 Å². The first-order valence-corrected chi connectivity index (χ1v) is 6.86. The van der Waals surface area contributed by atoms with Crippen molar-refractivity contribution in [2.75, 3.05) is 26.2 Å². The van der Waals surface area contributed by atoms with Crippen molar-refractivity contribution in [1.82, 2.24) is 10.2 Å². The van der Waals surface area contributed by atoms with Crippen LogP contribution in [0.15, 0.2) is 24.3 Å². The van der Waals surface area contributed by atoms with Crippen LogP contribution in [-0.4, -0.2) is 37.1 Å². The highest BCUT2D eigenvalue weighted by atomic mass is 15.2. The third-order valence-electron chi connectivity index (χ3n) is 4.32. The molecule has 2 nitrogen and oxygen atoms in total. The summed E-state index contributed by atoms with van der Waals surface area (Å²) in [6, 6.07) is 9.92. The second kappa shape index (κ2) is 4.79. The van der Waals surface area contributed by atoms with E-state index in [-0.39, 0.29) is 0 Å². The number of rotatable bonds is 1. The number of fused-ring (bicyclic) bond motifs is 1. The monoisotopic (exact) mass is 230 g/mol. The molecule has 2 heteroatoms. The summed E-state index contributed by atoms with van der Waals surface area (Å²) in [7, 11) is 0. The van der Waals surface area contributed by atoms with E-state index in [0.29, 0.717) is 5.92 Å². The number of hydrogen-bond acceptors (Lipinski definition) is 2. The van der Waals surface area contributed by atoms with Gasteiger partial charge in [-0.3, -0.25) is 4.90 Å². The molecule has 0 radical (unpaired) electrons. The van der Waals surface area contributed by atoms with E-state index in [2.05, 4.69) is 41.4 Å². The molecular weight excluding hydrogens is 208 g/mol. The standard InChI is InChI=1S/C15H22N2/c1-12-4-6-13(7-5-12)14-11-16-8-10-17-9-2-3-15(14)17/h4-7,14-16H,2-3,8-11H2,1H3. The molecule has 1 aromatic rings. The normalized spacial score (nSPS) is 29.9. The fourth-order valence-electron chi connectivity index (χ4n) is 3.36. The first-order chi connectivity index (χ1) is 8.34. The first kappa shape index (κ1) is 11.2. The Balaban J connectivity index is 1.86. The summed E-state index contributed by atoms with van der Waals surface area (Å²) in [5.74, 6) is 0.681. The average molecular weight is 230 g/mol. The molecule has 92 valence electrons. The van der Waals surface area contributed by atoms with Crippen molar-refractivity contribution in [3.05, 3.63) is 35.4 Å². The Kier molecular flexibility index (Phi) is 3.17. The lowest BCUT2D eigenvalue weighted by atomic mass is 9.89. The van der Waals surface area contributed by atoms with Gasteiger partial charge in [0.25, 0.3) is 0 Å². The summed E-state index contributed by atoms with van der Waals surface area (Å²) >= 11 is 0. The van der Waals surface area contributed by atoms with Crippen molar-refractivity contribution in [2.45, 2.75) is 31.7 Å². The number of nitrogens with one attached hydrogen (secondary N) is 1. The molecule has 1 N–H and O–H groups in total. The van der Waals surface area contributed by atoms with Crippen molar-refractivity contribution in [3.8, 4) is 0 Å². The van der Waals surface area contributed by atoms with E-state index in [4.69, 9.17) is 0 Å². The zero-order valence-electron chi connectivity index (χ0n) is 10.7. The highest BCUT2D eigenvalue weighted by Crippen LogP contribution is 2.31. The molecule has 3 rings (SSSR count). The topological polar surface area (TPSA) is 15.3 Å². The molecule has 2 saturated heterocycles. The van der Waals surface area contributed by atoms with Crippen LogP contribution < -0.4 is 5.32 Å². The van der Waals surface area contributed by atoms with E-state index < -0.39 is 0 Å². The lowest BCUT2D eigenvalue weighted by molar-refractivity contribution is 0.249. The van der Waals surface area contributed by atoms with E-state index in [1.54, 1.807) is 0 Å². The van der Waals surface area contributed by atoms with Gasteiger partial charge in [0, 0.05) is 31.6 Å². The molecule has 0 amide bonds. The SMILES string of the molecule is Cc1ccc(C2CNCCN3CCCC23)cc1. The van der Waals surface area contributed by atoms with E-state index in [1.165, 1.54) is 37.1 Å². The average Bonchev–Trinajstić information content (AvgIpc) is 2.71. The Morgan fingerprint density at radius 1 is 1.18 bits per heavy atom. The van der Waals surface area contributed by atoms with Gasteiger partial charge in [0.2, 0.25) is 0 Å². The molecule has 1 aromatic carbocycles. The zero-order valence-corrected chi connectivity index (χ0v) is 10.7. The molecule has 2 aliphatic rings. The largest absolute Gasteiger partial charge is 0.315 e. The summed E-state index contributed by atoms with van der Waals surface area (Å²) in [6.45, 7) is 6.99. The third kappa shape index (κ3) is 2.24. The predicted molar refractivity (Wildman–Crippen MR) is 71.4 cm³/mol. The summed E-state index contributed by atoms with van der Waals surface area (Å²) in [4.78, 5) is 2.69. The van der Waals surface area contributed by atoms with Crippen molar-refractivity contribution < 1.29 is 0 Å². The van der Waals surface area contributed by atoms with Crippen molar-refractivity contribution in [2.24, 2.45) is 0 Å². The lowest BCUT2D eigenvalue weighted by Crippen LogP contribution is -2.34. The molecule has 0 aromatic heterocycles. The van der Waals surface area contributed by atoms with Crippen LogP contribution in [0.4, 0.5) is 0 Å². The van der Waals surface area contributed by atoms with Gasteiger partial charge < -0.3 is 5.32 Å². The Bertz CT molecular complexity index is 371. The Morgan fingerprint density at radius 2 is 2.00 bits per heavy atom. The van der Waals surface area contributed by atoms with Gasteiger partial charge in [-0.15, -0.1) is 0 Å². The second-order valence-corrected chi connectivity index (χ2v) is 5.47. The molecular formula is C15H22N2. The van der Waals surface area contributed by atoms with Gasteiger partial charge in [0.15, 0.2) is 0 Å². The minimum absolute atomic E-state index is 0.681. The second-order valence-electron chi connectivity index (χ2n) is 5.47. The molecule has 2 atom stereocenters. The molecule has 0 aliphatic carbocycles. The van der Waals surface area contributed by atoms with Gasteiger partial charge in [-0.1, -0.05) is 29.8 Å². The fraction of sp³-hybridized carbons (Fsp3) is 0.600. The third-order valence-corrected chi connectivity index (χ3v) is 4.32. The molecule has 2 aliphatic heterocycles. The minimum atomic E-state index is 0.681. The van der Waals surface area contributed by atoms with Crippen LogP contribution in [0.1, 0.15) is 29.9 Å². The maximum atomic E-state index is 3.60. The quantitative estimate of drug-likeness (QED) is 0.795. The molecule has 2 heterocycles. The maximum absolute atomic E-state index is 3.60. The van der Waals surface area contributed by atoms with E-state index >= 15 is 0 Å². The highest BCUT2D eigenvalue weighted by molar-refractivity contribution is 5.26. The van der Waals surface area contributed by atoms with E-state index in [1.807, 2.05) is 0 Å². The van der Waals surface area contributed by atoms with Crippen molar-refractivity contribution in [1.29, 1.82) is 0 Å². The van der Waals surface area contributed by atoms with Crippen LogP contribution in [0.2, 0.25) is 0 Å². The van der Waals surface area contributed by atoms with Crippen LogP contribution in [-0.2, 0) is 0 Å². The molecule has 0 spiro atoms. The minimum Gasteiger partial charge on any atom is -0.315 e. The Morgan fingerprint density at radius 3 is 2.82 bits per heavy atom. The molecule has 0 saturated carbocycles. The zero-order chi connectivity index (χ0) is 11.7. The molecule has 2 unspecified atom stereocenters. The molecule has 2 fully saturated rings. The van der Waals surface area contributed by atoms with Gasteiger partial charge in [-0.2, -0.15) is 0 Å². The van der Waals surface area contributed by atoms with Crippen LogP contribution in [0.3, 0.4) is 0 Å². The smallest absolute Gasteiger partial charge is 0.0177 e. The van der Waals surface area contributed by atoms with Gasteiger partial charge in [-0.05, 0) is 31.9 Å². The van der Waals surface area contributed by atoms with Gasteiger partial charge in [0.05, 0.1) is 0 Å². The molecule has 17 heavy (non-hydrogen) atoms. The number of aryl methyl sites for hydroxylation is 1. The Labute approximate surface area is 104 Å². The fourth-order valence-corrected chi connectivity index (χ4v) is 3.36. The summed E-state index contributed by atoms with van der Waals surface area (Å²) in [5, 5.41) is 3.60. The lowest BCUT2D eigenvalue weighted by Gasteiger charge is -2.28. The summed E-state index contributed by atoms with van der Waals surface area (Å²) in [6.07, 6.45) is 2.76. The summed E-state index contributed by atoms with van der Waals surface area (Å²) in [5.41, 5.74) is 2.88. The number of hydrogen-bond donors (Lipinski definition) is 1. The van der Waals surface area contributed by atoms with Crippen LogP contribution in [0.25, 0.3) is 0 Å². The van der Waals surface area contributed by atoms with Gasteiger partial charge in [0.1, 0.15) is 0 Å². The van der Waals surface area contributed by atoms with Crippen LogP contribution in [0, 0.1) is 6.92 Å². The maximum Gasteiger partial charge on any atom is 0.0177 e. The Hall–Kier alpha value is -0.860. The van der Waals surface area contributed by atoms with Crippen LogP contribution in [0.5, 0.6) is 0 Å². The van der Waals surface area contributed by atoms with Gasteiger partial charge >= 0.3 is 0 Å². The van der Waals surface area contributed by atoms with Crippen LogP contribution >= 0.6 is 0 Å². The summed E-state index contributed by atoms with van der Waals surface area (Å²) < 4.78 is 0. The van der Waals surface area contributed by atoms with Crippen molar-refractivity contribution in [3.63, 3.8) is 0 Å². The first-order valence-electron chi connectivity index (χ1n) is 6.86. The van der Waals surface area contributed by atoms with Crippen molar-refractivity contribution >= 4 is 0 Å². The predicted octanol–water partition coefficient (Wildman–Crippen LogP) is 2.15. The van der Waals surface area contributed by atoms with Gasteiger partial charge in [-0.25, -0.2) is 0 Å².